The molecule has 0 fully saturated rings. The van der Waals surface area contributed by atoms with Gasteiger partial charge in [0.2, 0.25) is 29.1 Å². The van der Waals surface area contributed by atoms with Crippen molar-refractivity contribution >= 4 is 112 Å². The molecule has 0 saturated heterocycles. The Morgan fingerprint density at radius 3 is 0.890 bits per heavy atom. The van der Waals surface area contributed by atoms with E-state index in [1.165, 1.54) is 6.92 Å². The fourth-order valence-electron chi connectivity index (χ4n) is 8.62. The number of Topliss-reactive ketones (excluding diaryl/α,β-unsaturated/α-hetero) is 4. The molecule has 7 rings (SSSR count). The molecule has 23 nitrogen and oxygen atoms in total. The van der Waals surface area contributed by atoms with Gasteiger partial charge in [-0.05, 0) is 59.9 Å². The van der Waals surface area contributed by atoms with E-state index < -0.39 is 125 Å². The van der Waals surface area contributed by atoms with Crippen LogP contribution in [0.5, 0.6) is 11.5 Å². The van der Waals surface area contributed by atoms with Gasteiger partial charge in [-0.3, -0.25) is 52.7 Å². The molecular weight excluding hydrogens is 1670 g/mol. The smallest absolute Gasteiger partial charge is 0.323 e. The van der Waals surface area contributed by atoms with Crippen LogP contribution in [0.15, 0.2) is 164 Å². The van der Waals surface area contributed by atoms with Gasteiger partial charge >= 0.3 is 48.0 Å². The fraction of sp³-hybridized carbons (Fsp3) is 0.357. The molecule has 5 atom stereocenters. The standard InChI is InChI=1S/C20H18F4O4.C19H17F4NO4.C14H17BrO3.C14H16N2O3.C13H16O4.C4H8O2.2ClH/c1-12(7-8-17(26)27-10-13-5-3-2-4-6-13)16(25)11-28-20-18(23)14(21)9-15(22)19(20)24;20-12-8-13(21)18(23)19(17(12)22)28-10-15(25)14(24)6-7-16(26)27-9-11-4-2-1-3-5-11;1-11(13(16)9-15)7-8-14(17)18-10-12-5-3-2-4-6-12;1-11(13(17)9-16-15)7-8-14(18)19-10-12-5-3-2-4-6-12;1-10(13(15)16)7-8-12(14)17-9-11-5-3-2-4-6-11;1-3(2)4(5)6;;/h2-6,9,12H,7-8,10-11H2,1H3;1-5,8,14H,6-7,9-10,24H2;2-6,11H,7-10H2,1H3;2-6,9,11H,7-8,10H2,1H3;2-6,10H,7-9H2,1H3,(H,15,16);3H,1-2H3,(H,5,6);2*1H/t12-;14-;2*11-;10-;;;/m00000.../s1. The Labute approximate surface area is 698 Å². The van der Waals surface area contributed by atoms with Crippen molar-refractivity contribution in [3.05, 3.63) is 244 Å². The molecule has 0 spiro atoms. The molecule has 0 aliphatic rings. The second-order valence-corrected chi connectivity index (χ2v) is 26.4. The Hall–Kier alpha value is -11.1. The molecule has 0 radical (unpaired) electrons. The summed E-state index contributed by atoms with van der Waals surface area (Å²) in [5, 5.41) is 17.0. The van der Waals surface area contributed by atoms with E-state index in [1.54, 1.807) is 76.2 Å². The van der Waals surface area contributed by atoms with Crippen molar-refractivity contribution in [3.63, 3.8) is 0 Å². The Morgan fingerprint density at radius 2 is 0.636 bits per heavy atom. The summed E-state index contributed by atoms with van der Waals surface area (Å²) in [6, 6.07) is 45.1. The van der Waals surface area contributed by atoms with E-state index in [0.717, 1.165) is 34.0 Å². The summed E-state index contributed by atoms with van der Waals surface area (Å²) in [6.07, 6.45) is 2.47. The highest BCUT2D eigenvalue weighted by atomic mass is 79.9. The number of halogens is 11. The molecule has 4 N–H and O–H groups in total. The van der Waals surface area contributed by atoms with Crippen molar-refractivity contribution < 1.29 is 136 Å². The summed E-state index contributed by atoms with van der Waals surface area (Å²) >= 11 is 3.12. The first-order valence-corrected chi connectivity index (χ1v) is 37.2. The van der Waals surface area contributed by atoms with Crippen LogP contribution < -0.4 is 15.2 Å². The van der Waals surface area contributed by atoms with Gasteiger partial charge in [-0.25, -0.2) is 17.6 Å². The van der Waals surface area contributed by atoms with Crippen LogP contribution in [0.4, 0.5) is 35.1 Å². The maximum absolute atomic E-state index is 13.5. The predicted molar refractivity (Wildman–Crippen MR) is 424 cm³/mol. The zero-order valence-electron chi connectivity index (χ0n) is 65.3. The number of alkyl halides is 1. The number of carboxylic acid groups (broad SMARTS) is 2. The number of hydrogen-bond acceptors (Lipinski definition) is 19. The second kappa shape index (κ2) is 60.4. The summed E-state index contributed by atoms with van der Waals surface area (Å²) in [7, 11) is 0. The monoisotopic (exact) mass is 1770 g/mol. The highest BCUT2D eigenvalue weighted by molar-refractivity contribution is 9.09. The van der Waals surface area contributed by atoms with E-state index in [9.17, 15) is 87.9 Å². The number of ether oxygens (including phenoxy) is 7. The summed E-state index contributed by atoms with van der Waals surface area (Å²) in [5.74, 6) is -23.3. The highest BCUT2D eigenvalue weighted by Crippen LogP contribution is 2.28. The average Bonchev–Trinajstić information content (AvgIpc) is 0.825. The number of carbonyl (C=O) groups excluding carboxylic acids is 9. The first kappa shape index (κ1) is 107. The van der Waals surface area contributed by atoms with Gasteiger partial charge in [0.05, 0.1) is 23.2 Å². The molecule has 118 heavy (non-hydrogen) atoms. The molecule has 0 unspecified atom stereocenters. The number of ketones is 4. The molecule has 34 heteroatoms. The minimum atomic E-state index is -1.76. The molecule has 0 heterocycles. The first-order valence-electron chi connectivity index (χ1n) is 36.0. The van der Waals surface area contributed by atoms with Crippen molar-refractivity contribution in [1.82, 2.24) is 0 Å². The second-order valence-electron chi connectivity index (χ2n) is 25.8. The fourth-order valence-corrected chi connectivity index (χ4v) is 9.17. The predicted octanol–water partition coefficient (Wildman–Crippen LogP) is 16.3. The molecule has 7 aromatic carbocycles. The molecular formula is C84H94BrCl2F8N3O20. The normalized spacial score (nSPS) is 11.4. The van der Waals surface area contributed by atoms with E-state index in [1.807, 2.05) is 110 Å². The van der Waals surface area contributed by atoms with Crippen LogP contribution >= 0.6 is 40.7 Å². The molecule has 0 bridgehead atoms. The third-order valence-electron chi connectivity index (χ3n) is 16.1. The Kier molecular flexibility index (Phi) is 54.8. The van der Waals surface area contributed by atoms with E-state index in [4.69, 9.17) is 45.2 Å². The van der Waals surface area contributed by atoms with E-state index in [0.29, 0.717) is 31.2 Å². The van der Waals surface area contributed by atoms with Crippen LogP contribution in [-0.2, 0) is 109 Å². The van der Waals surface area contributed by atoms with Gasteiger partial charge in [0.25, 0.3) is 0 Å². The molecule has 0 aliphatic carbocycles. The van der Waals surface area contributed by atoms with Crippen LogP contribution in [0.25, 0.3) is 5.53 Å². The Morgan fingerprint density at radius 1 is 0.390 bits per heavy atom. The summed E-state index contributed by atoms with van der Waals surface area (Å²) in [4.78, 5) is 127. The van der Waals surface area contributed by atoms with Crippen LogP contribution in [0.1, 0.15) is 134 Å². The van der Waals surface area contributed by atoms with Gasteiger partial charge in [0.1, 0.15) is 52.0 Å². The summed E-state index contributed by atoms with van der Waals surface area (Å²) < 4.78 is 141. The number of benzene rings is 7. The number of aliphatic carboxylic acids is 2. The number of esters is 5. The molecule has 0 aromatic heterocycles. The maximum Gasteiger partial charge on any atom is 0.323 e. The van der Waals surface area contributed by atoms with Gasteiger partial charge < -0.3 is 54.6 Å². The van der Waals surface area contributed by atoms with Crippen LogP contribution in [0.3, 0.4) is 0 Å². The lowest BCUT2D eigenvalue weighted by Gasteiger charge is -2.13. The number of rotatable bonds is 39. The summed E-state index contributed by atoms with van der Waals surface area (Å²) in [6.45, 7) is 9.08. The molecule has 0 amide bonds. The summed E-state index contributed by atoms with van der Waals surface area (Å²) in [5.41, 5.74) is 18.3. The van der Waals surface area contributed by atoms with Gasteiger partial charge in [-0.15, -0.1) is 24.8 Å². The van der Waals surface area contributed by atoms with Crippen LogP contribution in [0.2, 0.25) is 0 Å². The molecule has 642 valence electrons. The quantitative estimate of drug-likeness (QED) is 0.00471. The van der Waals surface area contributed by atoms with Crippen molar-refractivity contribution in [2.75, 3.05) is 18.5 Å². The van der Waals surface area contributed by atoms with Gasteiger partial charge in [-0.2, -0.15) is 22.4 Å². The number of hydrogen-bond donors (Lipinski definition) is 3. The van der Waals surface area contributed by atoms with Crippen LogP contribution in [-0.4, -0.2) is 111 Å². The van der Waals surface area contributed by atoms with Gasteiger partial charge in [0.15, 0.2) is 46.3 Å². The number of nitrogens with two attached hydrogens (primary N) is 1. The van der Waals surface area contributed by atoms with E-state index in [2.05, 4.69) is 30.2 Å². The largest absolute Gasteiger partial charge is 0.481 e. The van der Waals surface area contributed by atoms with E-state index >= 15 is 0 Å². The van der Waals surface area contributed by atoms with Gasteiger partial charge in [-0.1, -0.05) is 209 Å². The van der Waals surface area contributed by atoms with Crippen molar-refractivity contribution in [1.29, 1.82) is 0 Å². The molecule has 7 aromatic rings. The third-order valence-corrected chi connectivity index (χ3v) is 16.6. The third kappa shape index (κ3) is 45.5. The Balaban J connectivity index is 0.00000144. The highest BCUT2D eigenvalue weighted by Gasteiger charge is 2.26. The Bertz CT molecular complexity index is 4130. The number of carbonyl (C=O) groups is 11. The molecule has 0 saturated carbocycles. The van der Waals surface area contributed by atoms with Crippen molar-refractivity contribution in [2.24, 2.45) is 35.3 Å². The number of carboxylic acids is 2. The van der Waals surface area contributed by atoms with E-state index in [-0.39, 0.29) is 156 Å². The zero-order valence-corrected chi connectivity index (χ0v) is 68.5. The minimum Gasteiger partial charge on any atom is -0.481 e. The van der Waals surface area contributed by atoms with Gasteiger partial charge in [0, 0.05) is 62.0 Å². The number of nitrogens with zero attached hydrogens (tertiary/aromatic N) is 2. The molecule has 0 aliphatic heterocycles. The average molecular weight is 1770 g/mol. The lowest BCUT2D eigenvalue weighted by Crippen LogP contribution is -2.35. The SMILES string of the molecule is CC(C)C(=O)O.C[C@@H](CCC(=O)OCc1ccccc1)C(=O)C=[N+]=[N-].C[C@@H](CCC(=O)OCc1ccccc1)C(=O)CBr.C[C@@H](CCC(=O)OCc1ccccc1)C(=O)COc1c(F)c(F)cc(F)c1F.C[C@@H](CCC(=O)OCc1ccccc1)C(=O)O.Cl.Cl.N[C@@H](CCC(=O)OCc1ccccc1)C(=O)COc1c(F)c(F)cc(F)c1F. The lowest BCUT2D eigenvalue weighted by molar-refractivity contribution is -0.147. The first-order chi connectivity index (χ1) is 55.1. The zero-order chi connectivity index (χ0) is 86.7. The van der Waals surface area contributed by atoms with Crippen molar-refractivity contribution in [3.8, 4) is 11.5 Å². The maximum atomic E-state index is 13.5. The van der Waals surface area contributed by atoms with Crippen LogP contribution in [0, 0.1) is 76.1 Å². The van der Waals surface area contributed by atoms with Crippen molar-refractivity contribution in [2.45, 2.75) is 145 Å². The lowest BCUT2D eigenvalue weighted by atomic mass is 10.0. The topological polar surface area (TPSA) is 355 Å². The minimum absolute atomic E-state index is 0.